The maximum atomic E-state index is 12.8. The number of primary amides is 1. The fourth-order valence-electron chi connectivity index (χ4n) is 2.91. The Labute approximate surface area is 144 Å². The van der Waals surface area contributed by atoms with E-state index in [-0.39, 0.29) is 5.91 Å². The third-order valence-electron chi connectivity index (χ3n) is 4.15. The molecule has 2 heterocycles. The second kappa shape index (κ2) is 6.60. The molecule has 1 aliphatic rings. The number of benzene rings is 1. The van der Waals surface area contributed by atoms with Crippen LogP contribution in [-0.4, -0.2) is 41.4 Å². The SMILES string of the molecule is COc1cccc(-c2nc(C)c(C(=O)N3CCC[C@@H]3C(N)=O)s2)c1. The molecule has 1 saturated heterocycles. The average molecular weight is 345 g/mol. The molecule has 0 saturated carbocycles. The van der Waals surface area contributed by atoms with Crippen molar-refractivity contribution in [3.63, 3.8) is 0 Å². The van der Waals surface area contributed by atoms with Crippen LogP contribution in [0.15, 0.2) is 24.3 Å². The van der Waals surface area contributed by atoms with Gasteiger partial charge in [-0.1, -0.05) is 12.1 Å². The first-order chi connectivity index (χ1) is 11.5. The Morgan fingerprint density at radius 3 is 2.92 bits per heavy atom. The molecule has 1 aromatic heterocycles. The lowest BCUT2D eigenvalue weighted by Gasteiger charge is -2.21. The van der Waals surface area contributed by atoms with Crippen LogP contribution in [0.4, 0.5) is 0 Å². The Morgan fingerprint density at radius 1 is 1.42 bits per heavy atom. The summed E-state index contributed by atoms with van der Waals surface area (Å²) in [6, 6.07) is 7.04. The summed E-state index contributed by atoms with van der Waals surface area (Å²) in [6.07, 6.45) is 1.42. The molecule has 0 spiro atoms. The molecule has 2 N–H and O–H groups in total. The summed E-state index contributed by atoms with van der Waals surface area (Å²) in [4.78, 5) is 31.0. The minimum atomic E-state index is -0.515. The molecule has 24 heavy (non-hydrogen) atoms. The molecule has 1 fully saturated rings. The van der Waals surface area contributed by atoms with Crippen LogP contribution in [0.25, 0.3) is 10.6 Å². The molecule has 0 bridgehead atoms. The highest BCUT2D eigenvalue weighted by Crippen LogP contribution is 2.32. The number of amides is 2. The van der Waals surface area contributed by atoms with Crippen molar-refractivity contribution in [3.8, 4) is 16.3 Å². The van der Waals surface area contributed by atoms with E-state index < -0.39 is 11.9 Å². The van der Waals surface area contributed by atoms with Crippen LogP contribution < -0.4 is 10.5 Å². The number of hydrogen-bond acceptors (Lipinski definition) is 5. The normalized spacial score (nSPS) is 17.1. The number of methoxy groups -OCH3 is 1. The molecule has 0 unspecified atom stereocenters. The Morgan fingerprint density at radius 2 is 2.21 bits per heavy atom. The number of likely N-dealkylation sites (tertiary alicyclic amines) is 1. The third kappa shape index (κ3) is 2.99. The van der Waals surface area contributed by atoms with Crippen molar-refractivity contribution in [2.75, 3.05) is 13.7 Å². The summed E-state index contributed by atoms with van der Waals surface area (Å²) < 4.78 is 5.23. The number of ether oxygens (including phenoxy) is 1. The molecule has 3 rings (SSSR count). The smallest absolute Gasteiger partial charge is 0.266 e. The Bertz CT molecular complexity index is 787. The highest BCUT2D eigenvalue weighted by molar-refractivity contribution is 7.17. The van der Waals surface area contributed by atoms with Crippen molar-refractivity contribution in [1.29, 1.82) is 0 Å². The predicted molar refractivity (Wildman–Crippen MR) is 92.1 cm³/mol. The standard InChI is InChI=1S/C17H19N3O3S/c1-10-14(17(22)20-8-4-7-13(20)15(18)21)24-16(19-10)11-5-3-6-12(9-11)23-2/h3,5-6,9,13H,4,7-8H2,1-2H3,(H2,18,21)/t13-/m1/s1. The molecular formula is C17H19N3O3S. The Balaban J connectivity index is 1.91. The van der Waals surface area contributed by atoms with Crippen molar-refractivity contribution >= 4 is 23.2 Å². The van der Waals surface area contributed by atoms with Crippen LogP contribution >= 0.6 is 11.3 Å². The number of aryl methyl sites for hydroxylation is 1. The first-order valence-electron chi connectivity index (χ1n) is 7.73. The van der Waals surface area contributed by atoms with Crippen molar-refractivity contribution in [2.45, 2.75) is 25.8 Å². The quantitative estimate of drug-likeness (QED) is 0.920. The maximum absolute atomic E-state index is 12.8. The number of nitrogens with zero attached hydrogens (tertiary/aromatic N) is 2. The van der Waals surface area contributed by atoms with Gasteiger partial charge in [-0.3, -0.25) is 9.59 Å². The number of rotatable bonds is 4. The lowest BCUT2D eigenvalue weighted by molar-refractivity contribution is -0.121. The summed E-state index contributed by atoms with van der Waals surface area (Å²) in [6.45, 7) is 2.36. The highest BCUT2D eigenvalue weighted by Gasteiger charge is 2.34. The van der Waals surface area contributed by atoms with Gasteiger partial charge >= 0.3 is 0 Å². The molecule has 7 heteroatoms. The van der Waals surface area contributed by atoms with E-state index in [1.807, 2.05) is 31.2 Å². The second-order valence-electron chi connectivity index (χ2n) is 5.72. The topological polar surface area (TPSA) is 85.5 Å². The first-order valence-corrected chi connectivity index (χ1v) is 8.55. The van der Waals surface area contributed by atoms with Gasteiger partial charge in [-0.05, 0) is 31.9 Å². The van der Waals surface area contributed by atoms with E-state index in [0.717, 1.165) is 22.7 Å². The van der Waals surface area contributed by atoms with Crippen LogP contribution in [-0.2, 0) is 4.79 Å². The van der Waals surface area contributed by atoms with Gasteiger partial charge in [-0.25, -0.2) is 4.98 Å². The number of hydrogen-bond donors (Lipinski definition) is 1. The minimum Gasteiger partial charge on any atom is -0.497 e. The summed E-state index contributed by atoms with van der Waals surface area (Å²) in [5.41, 5.74) is 6.97. The zero-order chi connectivity index (χ0) is 17.3. The number of thiazole rings is 1. The second-order valence-corrected chi connectivity index (χ2v) is 6.72. The van der Waals surface area contributed by atoms with Gasteiger partial charge in [0.1, 0.15) is 21.7 Å². The number of carbonyl (C=O) groups is 2. The van der Waals surface area contributed by atoms with E-state index in [1.165, 1.54) is 11.3 Å². The Kier molecular flexibility index (Phi) is 4.53. The van der Waals surface area contributed by atoms with Crippen molar-refractivity contribution < 1.29 is 14.3 Å². The van der Waals surface area contributed by atoms with Crippen LogP contribution in [0, 0.1) is 6.92 Å². The van der Waals surface area contributed by atoms with Gasteiger partial charge in [-0.15, -0.1) is 11.3 Å². The predicted octanol–water partition coefficient (Wildman–Crippen LogP) is 2.22. The number of nitrogens with two attached hydrogens (primary N) is 1. The first kappa shape index (κ1) is 16.4. The maximum Gasteiger partial charge on any atom is 0.266 e. The number of aromatic nitrogens is 1. The van der Waals surface area contributed by atoms with E-state index in [9.17, 15) is 9.59 Å². The molecule has 0 radical (unpaired) electrons. The molecular weight excluding hydrogens is 326 g/mol. The van der Waals surface area contributed by atoms with Gasteiger partial charge in [0.05, 0.1) is 12.8 Å². The minimum absolute atomic E-state index is 0.166. The van der Waals surface area contributed by atoms with E-state index in [4.69, 9.17) is 10.5 Å². The lowest BCUT2D eigenvalue weighted by atomic mass is 10.2. The lowest BCUT2D eigenvalue weighted by Crippen LogP contribution is -2.43. The summed E-state index contributed by atoms with van der Waals surface area (Å²) in [5, 5.41) is 0.754. The van der Waals surface area contributed by atoms with Crippen molar-refractivity contribution in [2.24, 2.45) is 5.73 Å². The van der Waals surface area contributed by atoms with Gasteiger partial charge in [0.2, 0.25) is 5.91 Å². The molecule has 2 amide bonds. The summed E-state index contributed by atoms with van der Waals surface area (Å²) in [5.74, 6) is 0.123. The van der Waals surface area contributed by atoms with Gasteiger partial charge in [-0.2, -0.15) is 0 Å². The largest absolute Gasteiger partial charge is 0.497 e. The van der Waals surface area contributed by atoms with Crippen molar-refractivity contribution in [1.82, 2.24) is 9.88 Å². The molecule has 2 aromatic rings. The number of carbonyl (C=O) groups excluding carboxylic acids is 2. The van der Waals surface area contributed by atoms with Crippen LogP contribution in [0.5, 0.6) is 5.75 Å². The van der Waals surface area contributed by atoms with Crippen LogP contribution in [0.2, 0.25) is 0 Å². The van der Waals surface area contributed by atoms with E-state index in [1.54, 1.807) is 12.0 Å². The molecule has 1 atom stereocenters. The van der Waals surface area contributed by atoms with Gasteiger partial charge in [0, 0.05) is 12.1 Å². The molecule has 6 nitrogen and oxygen atoms in total. The Hall–Kier alpha value is -2.41. The van der Waals surface area contributed by atoms with Gasteiger partial charge < -0.3 is 15.4 Å². The fraction of sp³-hybridized carbons (Fsp3) is 0.353. The van der Waals surface area contributed by atoms with E-state index in [2.05, 4.69) is 4.98 Å². The zero-order valence-electron chi connectivity index (χ0n) is 13.6. The van der Waals surface area contributed by atoms with Crippen LogP contribution in [0.3, 0.4) is 0 Å². The monoisotopic (exact) mass is 345 g/mol. The fourth-order valence-corrected chi connectivity index (χ4v) is 3.93. The molecule has 1 aromatic carbocycles. The summed E-state index contributed by atoms with van der Waals surface area (Å²) in [7, 11) is 1.61. The third-order valence-corrected chi connectivity index (χ3v) is 5.34. The molecule has 0 aliphatic carbocycles. The van der Waals surface area contributed by atoms with Gasteiger partial charge in [0.15, 0.2) is 0 Å². The van der Waals surface area contributed by atoms with Gasteiger partial charge in [0.25, 0.3) is 5.91 Å². The van der Waals surface area contributed by atoms with E-state index in [0.29, 0.717) is 23.5 Å². The average Bonchev–Trinajstić information content (AvgIpc) is 3.21. The van der Waals surface area contributed by atoms with E-state index >= 15 is 0 Å². The highest BCUT2D eigenvalue weighted by atomic mass is 32.1. The molecule has 126 valence electrons. The van der Waals surface area contributed by atoms with Crippen molar-refractivity contribution in [3.05, 3.63) is 34.8 Å². The molecule has 1 aliphatic heterocycles. The van der Waals surface area contributed by atoms with Crippen LogP contribution in [0.1, 0.15) is 28.2 Å². The zero-order valence-corrected chi connectivity index (χ0v) is 14.4. The summed E-state index contributed by atoms with van der Waals surface area (Å²) >= 11 is 1.33.